The van der Waals surface area contributed by atoms with E-state index >= 15 is 0 Å². The van der Waals surface area contributed by atoms with Gasteiger partial charge in [0.2, 0.25) is 0 Å². The van der Waals surface area contributed by atoms with Crippen molar-refractivity contribution in [2.75, 3.05) is 18.6 Å². The van der Waals surface area contributed by atoms with Crippen molar-refractivity contribution in [3.8, 4) is 11.5 Å². The molecule has 1 aromatic carbocycles. The number of hydrogen-bond acceptors (Lipinski definition) is 8. The van der Waals surface area contributed by atoms with Gasteiger partial charge in [-0.2, -0.15) is 0 Å². The number of hydrogen-bond donors (Lipinski definition) is 2. The van der Waals surface area contributed by atoms with Gasteiger partial charge in [0.15, 0.2) is 16.6 Å². The fourth-order valence-electron chi connectivity index (χ4n) is 2.63. The number of Topliss-reactive ketones (excluding diaryl/α,β-unsaturated/α-hetero) is 1. The number of carboxylic acids is 1. The van der Waals surface area contributed by atoms with E-state index < -0.39 is 5.97 Å². The number of carboxylic acid groups (broad SMARTS) is 1. The van der Waals surface area contributed by atoms with Gasteiger partial charge < -0.3 is 14.9 Å². The predicted octanol–water partition coefficient (Wildman–Crippen LogP) is 4.32. The van der Waals surface area contributed by atoms with Crippen LogP contribution < -0.4 is 4.74 Å². The summed E-state index contributed by atoms with van der Waals surface area (Å²) in [6, 6.07) is 4.77. The standard InChI is InChI=1S/C20H24N2O5S2/c1-4-6-14-16(8-7-13(12(2)23)18(14)24)27-9-5-10-29-17-11-15(19(25)26)21-20(22-17)28-3/h7-8,11,24H,4-6,9-10H2,1-3H3,(H,25,26). The minimum atomic E-state index is -1.08. The smallest absolute Gasteiger partial charge is 0.354 e. The number of aromatic nitrogens is 2. The van der Waals surface area contributed by atoms with Crippen LogP contribution in [-0.2, 0) is 6.42 Å². The van der Waals surface area contributed by atoms with Crippen molar-refractivity contribution < 1.29 is 24.5 Å². The van der Waals surface area contributed by atoms with Crippen LogP contribution in [0.25, 0.3) is 0 Å². The summed E-state index contributed by atoms with van der Waals surface area (Å²) in [5.41, 5.74) is 0.937. The monoisotopic (exact) mass is 436 g/mol. The van der Waals surface area contributed by atoms with Gasteiger partial charge in [0.1, 0.15) is 16.5 Å². The highest BCUT2D eigenvalue weighted by Gasteiger charge is 2.16. The second kappa shape index (κ2) is 11.1. The lowest BCUT2D eigenvalue weighted by molar-refractivity contribution is 0.0688. The van der Waals surface area contributed by atoms with Crippen molar-refractivity contribution in [3.05, 3.63) is 35.0 Å². The van der Waals surface area contributed by atoms with Crippen LogP contribution in [0.1, 0.15) is 53.1 Å². The van der Waals surface area contributed by atoms with Gasteiger partial charge in [-0.3, -0.25) is 4.79 Å². The SMILES string of the molecule is CCCc1c(OCCCSc2cc(C(=O)O)nc(SC)n2)ccc(C(C)=O)c1O. The number of ketones is 1. The number of thioether (sulfide) groups is 2. The number of phenolic OH excluding ortho intramolecular Hbond substituents is 1. The number of carbonyl (C=O) groups is 2. The third-order valence-electron chi connectivity index (χ3n) is 4.00. The molecule has 0 aliphatic heterocycles. The third kappa shape index (κ3) is 6.37. The summed E-state index contributed by atoms with van der Waals surface area (Å²) in [5.74, 6) is 0.00483. The Hall–Kier alpha value is -2.26. The van der Waals surface area contributed by atoms with Gasteiger partial charge in [0, 0.05) is 17.4 Å². The van der Waals surface area contributed by atoms with Gasteiger partial charge in [-0.15, -0.1) is 11.8 Å². The highest BCUT2D eigenvalue weighted by Crippen LogP contribution is 2.33. The highest BCUT2D eigenvalue weighted by molar-refractivity contribution is 7.99. The quantitative estimate of drug-likeness (QED) is 0.175. The first-order valence-electron chi connectivity index (χ1n) is 9.15. The van der Waals surface area contributed by atoms with Crippen molar-refractivity contribution in [3.63, 3.8) is 0 Å². The van der Waals surface area contributed by atoms with E-state index in [1.165, 1.54) is 36.5 Å². The topological polar surface area (TPSA) is 110 Å². The van der Waals surface area contributed by atoms with Gasteiger partial charge in [0.25, 0.3) is 0 Å². The summed E-state index contributed by atoms with van der Waals surface area (Å²) in [4.78, 5) is 31.1. The van der Waals surface area contributed by atoms with Crippen molar-refractivity contribution in [2.24, 2.45) is 0 Å². The van der Waals surface area contributed by atoms with Crippen LogP contribution in [0.5, 0.6) is 11.5 Å². The van der Waals surface area contributed by atoms with Crippen molar-refractivity contribution >= 4 is 35.3 Å². The summed E-state index contributed by atoms with van der Waals surface area (Å²) < 4.78 is 5.83. The average Bonchev–Trinajstić information content (AvgIpc) is 2.69. The zero-order valence-electron chi connectivity index (χ0n) is 16.6. The molecule has 0 atom stereocenters. The number of carbonyl (C=O) groups excluding carboxylic acids is 1. The number of ether oxygens (including phenoxy) is 1. The van der Waals surface area contributed by atoms with Crippen LogP contribution >= 0.6 is 23.5 Å². The molecule has 0 bridgehead atoms. The maximum absolute atomic E-state index is 11.6. The molecule has 1 heterocycles. The van der Waals surface area contributed by atoms with E-state index in [0.717, 1.165) is 6.42 Å². The van der Waals surface area contributed by atoms with Crippen LogP contribution in [0.2, 0.25) is 0 Å². The zero-order valence-corrected chi connectivity index (χ0v) is 18.2. The highest BCUT2D eigenvalue weighted by atomic mass is 32.2. The molecule has 2 rings (SSSR count). The molecule has 0 amide bonds. The molecule has 0 spiro atoms. The van der Waals surface area contributed by atoms with E-state index in [-0.39, 0.29) is 17.2 Å². The Morgan fingerprint density at radius 2 is 2.00 bits per heavy atom. The van der Waals surface area contributed by atoms with E-state index in [9.17, 15) is 14.7 Å². The van der Waals surface area contributed by atoms with Crippen LogP contribution in [0.3, 0.4) is 0 Å². The van der Waals surface area contributed by atoms with Crippen LogP contribution in [0.15, 0.2) is 28.4 Å². The lowest BCUT2D eigenvalue weighted by Crippen LogP contribution is -2.05. The summed E-state index contributed by atoms with van der Waals surface area (Å²) in [6.07, 6.45) is 3.93. The van der Waals surface area contributed by atoms with Crippen LogP contribution in [-0.4, -0.2) is 50.5 Å². The van der Waals surface area contributed by atoms with Gasteiger partial charge in [-0.25, -0.2) is 14.8 Å². The Bertz CT molecular complexity index is 889. The van der Waals surface area contributed by atoms with E-state index in [2.05, 4.69) is 9.97 Å². The fourth-order valence-corrected chi connectivity index (χ4v) is 3.88. The summed E-state index contributed by atoms with van der Waals surface area (Å²) in [7, 11) is 0. The van der Waals surface area contributed by atoms with E-state index in [1.807, 2.05) is 6.92 Å². The van der Waals surface area contributed by atoms with Crippen LogP contribution in [0.4, 0.5) is 0 Å². The zero-order chi connectivity index (χ0) is 21.4. The molecule has 0 saturated heterocycles. The molecular weight excluding hydrogens is 412 g/mol. The van der Waals surface area contributed by atoms with E-state index in [4.69, 9.17) is 9.84 Å². The second-order valence-electron chi connectivity index (χ2n) is 6.18. The van der Waals surface area contributed by atoms with Gasteiger partial charge >= 0.3 is 5.97 Å². The average molecular weight is 437 g/mol. The fraction of sp³-hybridized carbons (Fsp3) is 0.400. The molecule has 0 aliphatic carbocycles. The Morgan fingerprint density at radius 1 is 1.24 bits per heavy atom. The molecular formula is C20H24N2O5S2. The number of aromatic carboxylic acids is 1. The Labute approximate surface area is 178 Å². The molecule has 0 aliphatic rings. The van der Waals surface area contributed by atoms with E-state index in [0.29, 0.717) is 52.3 Å². The number of benzene rings is 1. The Balaban J connectivity index is 1.96. The maximum atomic E-state index is 11.6. The molecule has 156 valence electrons. The lowest BCUT2D eigenvalue weighted by Gasteiger charge is -2.14. The first-order valence-corrected chi connectivity index (χ1v) is 11.4. The molecule has 1 aromatic heterocycles. The molecule has 0 saturated carbocycles. The van der Waals surface area contributed by atoms with Crippen molar-refractivity contribution in [1.82, 2.24) is 9.97 Å². The minimum Gasteiger partial charge on any atom is -0.507 e. The molecule has 0 fully saturated rings. The van der Waals surface area contributed by atoms with Crippen molar-refractivity contribution in [1.29, 1.82) is 0 Å². The lowest BCUT2D eigenvalue weighted by atomic mass is 10.0. The van der Waals surface area contributed by atoms with Gasteiger partial charge in [-0.05, 0) is 38.2 Å². The number of phenols is 1. The first kappa shape index (κ1) is 23.0. The largest absolute Gasteiger partial charge is 0.507 e. The van der Waals surface area contributed by atoms with Gasteiger partial charge in [-0.1, -0.05) is 25.1 Å². The first-order chi connectivity index (χ1) is 13.9. The summed E-state index contributed by atoms with van der Waals surface area (Å²) in [6.45, 7) is 3.85. The normalized spacial score (nSPS) is 10.7. The Morgan fingerprint density at radius 3 is 2.62 bits per heavy atom. The second-order valence-corrected chi connectivity index (χ2v) is 8.07. The Kier molecular flexibility index (Phi) is 8.78. The summed E-state index contributed by atoms with van der Waals surface area (Å²) in [5, 5.41) is 20.5. The van der Waals surface area contributed by atoms with Crippen LogP contribution in [0, 0.1) is 0 Å². The molecule has 2 N–H and O–H groups in total. The minimum absolute atomic E-state index is 0.00185. The van der Waals surface area contributed by atoms with Gasteiger partial charge in [0.05, 0.1) is 12.2 Å². The number of nitrogens with zero attached hydrogens (tertiary/aromatic N) is 2. The third-order valence-corrected chi connectivity index (χ3v) is 5.54. The number of rotatable bonds is 11. The molecule has 2 aromatic rings. The van der Waals surface area contributed by atoms with Crippen molar-refractivity contribution in [2.45, 2.75) is 43.3 Å². The molecule has 0 unspecified atom stereocenters. The molecule has 0 radical (unpaired) electrons. The molecule has 9 heteroatoms. The molecule has 7 nitrogen and oxygen atoms in total. The summed E-state index contributed by atoms with van der Waals surface area (Å²) >= 11 is 2.73. The predicted molar refractivity (Wildman–Crippen MR) is 114 cm³/mol. The number of aromatic hydroxyl groups is 1. The van der Waals surface area contributed by atoms with E-state index in [1.54, 1.807) is 18.4 Å². The molecule has 29 heavy (non-hydrogen) atoms. The maximum Gasteiger partial charge on any atom is 0.354 e.